The molecule has 2 aromatic carbocycles. The predicted molar refractivity (Wildman–Crippen MR) is 130 cm³/mol. The van der Waals surface area contributed by atoms with Crippen molar-refractivity contribution in [2.24, 2.45) is 0 Å². The Balaban J connectivity index is 1.52. The van der Waals surface area contributed by atoms with E-state index >= 15 is 0 Å². The Labute approximate surface area is 204 Å². The highest BCUT2D eigenvalue weighted by Gasteiger charge is 2.33. The summed E-state index contributed by atoms with van der Waals surface area (Å²) in [5.74, 6) is 0.457. The van der Waals surface area contributed by atoms with Gasteiger partial charge in [-0.05, 0) is 50.5 Å². The van der Waals surface area contributed by atoms with E-state index in [2.05, 4.69) is 16.7 Å². The highest BCUT2D eigenvalue weighted by atomic mass is 35.5. The van der Waals surface area contributed by atoms with Gasteiger partial charge in [-0.1, -0.05) is 52.7 Å². The lowest BCUT2D eigenvalue weighted by atomic mass is 10.0. The number of carbonyl (C=O) groups excluding carboxylic acids is 2. The molecule has 3 aromatic rings. The third-order valence-corrected chi connectivity index (χ3v) is 6.13. The smallest absolute Gasteiger partial charge is 0.254 e. The zero-order valence-electron chi connectivity index (χ0n) is 19.1. The fraction of sp³-hybridized carbons (Fsp3) is 0.308. The van der Waals surface area contributed by atoms with Crippen LogP contribution in [0.15, 0.2) is 65.7 Å². The van der Waals surface area contributed by atoms with E-state index in [0.29, 0.717) is 28.8 Å². The van der Waals surface area contributed by atoms with Gasteiger partial charge in [0.25, 0.3) is 5.91 Å². The van der Waals surface area contributed by atoms with Gasteiger partial charge in [-0.2, -0.15) is 4.98 Å². The molecule has 1 aromatic heterocycles. The van der Waals surface area contributed by atoms with Crippen molar-refractivity contribution >= 4 is 23.4 Å². The van der Waals surface area contributed by atoms with Crippen molar-refractivity contribution in [1.82, 2.24) is 19.9 Å². The third-order valence-electron chi connectivity index (χ3n) is 5.89. The highest BCUT2D eigenvalue weighted by Crippen LogP contribution is 2.31. The van der Waals surface area contributed by atoms with Crippen molar-refractivity contribution in [2.75, 3.05) is 19.6 Å². The Hall–Kier alpha value is -3.45. The van der Waals surface area contributed by atoms with Crippen LogP contribution >= 0.6 is 11.6 Å². The van der Waals surface area contributed by atoms with Crippen LogP contribution in [-0.4, -0.2) is 51.4 Å². The zero-order valence-corrected chi connectivity index (χ0v) is 19.9. The molecule has 1 aliphatic heterocycles. The number of rotatable bonds is 7. The Morgan fingerprint density at radius 1 is 1.24 bits per heavy atom. The van der Waals surface area contributed by atoms with Crippen molar-refractivity contribution in [1.29, 1.82) is 0 Å². The molecule has 2 amide bonds. The molecule has 1 unspecified atom stereocenters. The molecule has 1 fully saturated rings. The van der Waals surface area contributed by atoms with Gasteiger partial charge in [0.2, 0.25) is 17.6 Å². The van der Waals surface area contributed by atoms with E-state index in [0.717, 1.165) is 30.4 Å². The molecule has 0 N–H and O–H groups in total. The Morgan fingerprint density at radius 3 is 2.76 bits per heavy atom. The van der Waals surface area contributed by atoms with E-state index in [4.69, 9.17) is 16.1 Å². The lowest BCUT2D eigenvalue weighted by Crippen LogP contribution is -2.46. The standard InChI is InChI=1S/C26H27ClN4O3/c1-3-14-30(26(33)19-12-10-18(2)11-13-19)17-23(32)31-15-5-4-9-22(31)25-28-24(29-34-25)20-7-6-8-21(27)16-20/h3,6-8,10-13,16,22H,1,4-5,9,14-15,17H2,2H3. The van der Waals surface area contributed by atoms with Crippen LogP contribution < -0.4 is 0 Å². The van der Waals surface area contributed by atoms with Crippen molar-refractivity contribution < 1.29 is 14.1 Å². The third kappa shape index (κ3) is 5.37. The van der Waals surface area contributed by atoms with Gasteiger partial charge in [0.1, 0.15) is 12.6 Å². The number of amides is 2. The SMILES string of the molecule is C=CCN(CC(=O)N1CCCCC1c1nc(-c2cccc(Cl)c2)no1)C(=O)c1ccc(C)cc1. The van der Waals surface area contributed by atoms with E-state index in [1.54, 1.807) is 35.2 Å². The van der Waals surface area contributed by atoms with Crippen LogP contribution in [0, 0.1) is 6.92 Å². The van der Waals surface area contributed by atoms with Crippen molar-refractivity contribution in [3.63, 3.8) is 0 Å². The summed E-state index contributed by atoms with van der Waals surface area (Å²) in [6.45, 7) is 6.50. The van der Waals surface area contributed by atoms with Gasteiger partial charge in [0.05, 0.1) is 0 Å². The summed E-state index contributed by atoms with van der Waals surface area (Å²) >= 11 is 6.09. The van der Waals surface area contributed by atoms with Gasteiger partial charge >= 0.3 is 0 Å². The van der Waals surface area contributed by atoms with E-state index in [-0.39, 0.29) is 30.9 Å². The molecule has 1 saturated heterocycles. The first-order valence-electron chi connectivity index (χ1n) is 11.3. The first kappa shape index (κ1) is 23.7. The molecule has 1 atom stereocenters. The van der Waals surface area contributed by atoms with Gasteiger partial charge in [0, 0.05) is 29.2 Å². The first-order chi connectivity index (χ1) is 16.5. The van der Waals surface area contributed by atoms with E-state index in [1.165, 1.54) is 4.90 Å². The van der Waals surface area contributed by atoms with Crippen LogP contribution in [0.5, 0.6) is 0 Å². The molecule has 0 aliphatic carbocycles. The summed E-state index contributed by atoms with van der Waals surface area (Å²) < 4.78 is 5.56. The molecular formula is C26H27ClN4O3. The second kappa shape index (κ2) is 10.7. The molecule has 4 rings (SSSR count). The highest BCUT2D eigenvalue weighted by molar-refractivity contribution is 6.30. The number of nitrogens with zero attached hydrogens (tertiary/aromatic N) is 4. The van der Waals surface area contributed by atoms with E-state index in [9.17, 15) is 9.59 Å². The summed E-state index contributed by atoms with van der Waals surface area (Å²) in [7, 11) is 0. The Morgan fingerprint density at radius 2 is 2.03 bits per heavy atom. The molecular weight excluding hydrogens is 452 g/mol. The summed E-state index contributed by atoms with van der Waals surface area (Å²) in [5, 5.41) is 4.68. The minimum absolute atomic E-state index is 0.0511. The summed E-state index contributed by atoms with van der Waals surface area (Å²) in [5.41, 5.74) is 2.35. The number of carbonyl (C=O) groups is 2. The fourth-order valence-corrected chi connectivity index (χ4v) is 4.30. The zero-order chi connectivity index (χ0) is 24.1. The first-order valence-corrected chi connectivity index (χ1v) is 11.7. The van der Waals surface area contributed by atoms with Crippen LogP contribution in [-0.2, 0) is 4.79 Å². The number of benzene rings is 2. The molecule has 0 bridgehead atoms. The van der Waals surface area contributed by atoms with E-state index in [1.807, 2.05) is 31.2 Å². The molecule has 34 heavy (non-hydrogen) atoms. The lowest BCUT2D eigenvalue weighted by Gasteiger charge is -2.35. The van der Waals surface area contributed by atoms with Gasteiger partial charge in [-0.25, -0.2) is 0 Å². The Kier molecular flexibility index (Phi) is 7.43. The largest absolute Gasteiger partial charge is 0.337 e. The molecule has 176 valence electrons. The van der Waals surface area contributed by atoms with Crippen molar-refractivity contribution in [3.8, 4) is 11.4 Å². The Bertz CT molecular complexity index is 1170. The molecule has 8 heteroatoms. The van der Waals surface area contributed by atoms with Crippen LogP contribution in [0.2, 0.25) is 5.02 Å². The van der Waals surface area contributed by atoms with Gasteiger partial charge in [-0.3, -0.25) is 9.59 Å². The maximum absolute atomic E-state index is 13.4. The van der Waals surface area contributed by atoms with Crippen LogP contribution in [0.3, 0.4) is 0 Å². The minimum Gasteiger partial charge on any atom is -0.337 e. The number of piperidine rings is 1. The minimum atomic E-state index is -0.332. The number of aryl methyl sites for hydroxylation is 1. The molecule has 0 saturated carbocycles. The number of aromatic nitrogens is 2. The lowest BCUT2D eigenvalue weighted by molar-refractivity contribution is -0.136. The van der Waals surface area contributed by atoms with Crippen LogP contribution in [0.25, 0.3) is 11.4 Å². The normalized spacial score (nSPS) is 15.7. The van der Waals surface area contributed by atoms with Gasteiger partial charge in [-0.15, -0.1) is 6.58 Å². The molecule has 1 aliphatic rings. The summed E-state index contributed by atoms with van der Waals surface area (Å²) in [6.07, 6.45) is 4.17. The predicted octanol–water partition coefficient (Wildman–Crippen LogP) is 5.08. The number of hydrogen-bond acceptors (Lipinski definition) is 5. The molecule has 7 nitrogen and oxygen atoms in total. The average molecular weight is 479 g/mol. The molecule has 0 radical (unpaired) electrons. The monoisotopic (exact) mass is 478 g/mol. The molecule has 0 spiro atoms. The summed E-state index contributed by atoms with van der Waals surface area (Å²) in [6, 6.07) is 14.2. The molecule has 2 heterocycles. The fourth-order valence-electron chi connectivity index (χ4n) is 4.11. The maximum atomic E-state index is 13.4. The summed E-state index contributed by atoms with van der Waals surface area (Å²) in [4.78, 5) is 34.2. The second-order valence-corrected chi connectivity index (χ2v) is 8.84. The van der Waals surface area contributed by atoms with Crippen molar-refractivity contribution in [2.45, 2.75) is 32.2 Å². The van der Waals surface area contributed by atoms with Crippen LogP contribution in [0.1, 0.15) is 47.1 Å². The average Bonchev–Trinajstić information content (AvgIpc) is 3.34. The van der Waals surface area contributed by atoms with Crippen molar-refractivity contribution in [3.05, 3.63) is 83.2 Å². The quantitative estimate of drug-likeness (QED) is 0.442. The number of halogens is 1. The number of likely N-dealkylation sites (tertiary alicyclic amines) is 1. The van der Waals surface area contributed by atoms with Crippen LogP contribution in [0.4, 0.5) is 0 Å². The van der Waals surface area contributed by atoms with Gasteiger partial charge < -0.3 is 14.3 Å². The van der Waals surface area contributed by atoms with Gasteiger partial charge in [0.15, 0.2) is 0 Å². The second-order valence-electron chi connectivity index (χ2n) is 8.41. The van der Waals surface area contributed by atoms with E-state index < -0.39 is 0 Å². The maximum Gasteiger partial charge on any atom is 0.254 e. The topological polar surface area (TPSA) is 79.5 Å². The number of hydrogen-bond donors (Lipinski definition) is 0.